The molecule has 110 valence electrons. The third-order valence-electron chi connectivity index (χ3n) is 3.59. The van der Waals surface area contributed by atoms with Gasteiger partial charge in [-0.3, -0.25) is 9.36 Å². The van der Waals surface area contributed by atoms with Crippen LogP contribution in [0.15, 0.2) is 53.5 Å². The summed E-state index contributed by atoms with van der Waals surface area (Å²) in [6, 6.07) is 10.6. The molecule has 1 N–H and O–H groups in total. The molecule has 0 atom stereocenters. The first-order valence-electron chi connectivity index (χ1n) is 6.63. The zero-order valence-corrected chi connectivity index (χ0v) is 11.7. The lowest BCUT2D eigenvalue weighted by Crippen LogP contribution is -2.21. The van der Waals surface area contributed by atoms with Crippen LogP contribution in [0.5, 0.6) is 0 Å². The predicted octanol–water partition coefficient (Wildman–Crippen LogP) is 3.14. The molecule has 0 spiro atoms. The lowest BCUT2D eigenvalue weighted by atomic mass is 10.1. The molecule has 0 unspecified atom stereocenters. The maximum Gasteiger partial charge on any atom is 0.337 e. The molecule has 0 saturated heterocycles. The molecule has 0 bridgehead atoms. The summed E-state index contributed by atoms with van der Waals surface area (Å²) in [4.78, 5) is 24.1. The molecule has 22 heavy (non-hydrogen) atoms. The topological polar surface area (TPSA) is 59.3 Å². The molecule has 1 aromatic heterocycles. The van der Waals surface area contributed by atoms with Gasteiger partial charge >= 0.3 is 5.97 Å². The minimum Gasteiger partial charge on any atom is -0.478 e. The molecule has 0 aliphatic carbocycles. The first kappa shape index (κ1) is 14.0. The van der Waals surface area contributed by atoms with Crippen LogP contribution in [0.25, 0.3) is 16.5 Å². The van der Waals surface area contributed by atoms with Crippen molar-refractivity contribution < 1.29 is 14.3 Å². The summed E-state index contributed by atoms with van der Waals surface area (Å²) in [6.45, 7) is 1.73. The van der Waals surface area contributed by atoms with Crippen molar-refractivity contribution in [1.29, 1.82) is 0 Å². The van der Waals surface area contributed by atoms with E-state index in [2.05, 4.69) is 0 Å². The highest BCUT2D eigenvalue weighted by Crippen LogP contribution is 2.20. The number of carboxylic acids is 1. The van der Waals surface area contributed by atoms with Gasteiger partial charge in [-0.2, -0.15) is 0 Å². The van der Waals surface area contributed by atoms with E-state index in [1.807, 2.05) is 0 Å². The number of pyridine rings is 1. The van der Waals surface area contributed by atoms with Gasteiger partial charge < -0.3 is 5.11 Å². The van der Waals surface area contributed by atoms with Crippen LogP contribution in [-0.2, 0) is 0 Å². The third kappa shape index (κ3) is 2.16. The summed E-state index contributed by atoms with van der Waals surface area (Å²) < 4.78 is 14.7. The number of halogens is 1. The zero-order valence-electron chi connectivity index (χ0n) is 11.7. The maximum atomic E-state index is 13.5. The normalized spacial score (nSPS) is 10.8. The fourth-order valence-corrected chi connectivity index (χ4v) is 2.48. The van der Waals surface area contributed by atoms with Crippen LogP contribution >= 0.6 is 0 Å². The Morgan fingerprint density at radius 2 is 1.82 bits per heavy atom. The van der Waals surface area contributed by atoms with E-state index in [1.54, 1.807) is 37.3 Å². The SMILES string of the molecule is Cc1ccc(F)cc1-n1cc(C(=O)O)c2ccccc2c1=O. The van der Waals surface area contributed by atoms with E-state index >= 15 is 0 Å². The van der Waals surface area contributed by atoms with E-state index in [9.17, 15) is 19.1 Å². The van der Waals surface area contributed by atoms with Crippen molar-refractivity contribution in [2.75, 3.05) is 0 Å². The van der Waals surface area contributed by atoms with Crippen molar-refractivity contribution in [3.63, 3.8) is 0 Å². The van der Waals surface area contributed by atoms with Gasteiger partial charge in [0.1, 0.15) is 5.82 Å². The molecule has 5 heteroatoms. The Bertz CT molecular complexity index is 960. The van der Waals surface area contributed by atoms with Crippen molar-refractivity contribution in [3.8, 4) is 5.69 Å². The monoisotopic (exact) mass is 297 g/mol. The van der Waals surface area contributed by atoms with E-state index in [4.69, 9.17) is 0 Å². The van der Waals surface area contributed by atoms with Crippen LogP contribution < -0.4 is 5.56 Å². The quantitative estimate of drug-likeness (QED) is 0.790. The number of carboxylic acid groups (broad SMARTS) is 1. The number of aryl methyl sites for hydroxylation is 1. The maximum absolute atomic E-state index is 13.5. The van der Waals surface area contributed by atoms with Crippen molar-refractivity contribution in [1.82, 2.24) is 4.57 Å². The molecule has 0 radical (unpaired) electrons. The summed E-state index contributed by atoms with van der Waals surface area (Å²) in [7, 11) is 0. The molecular weight excluding hydrogens is 285 g/mol. The number of carbonyl (C=O) groups is 1. The van der Waals surface area contributed by atoms with Gasteiger partial charge in [-0.15, -0.1) is 0 Å². The van der Waals surface area contributed by atoms with E-state index < -0.39 is 11.8 Å². The van der Waals surface area contributed by atoms with Crippen molar-refractivity contribution in [2.24, 2.45) is 0 Å². The Balaban J connectivity index is 2.45. The molecule has 0 fully saturated rings. The van der Waals surface area contributed by atoms with E-state index in [1.165, 1.54) is 22.9 Å². The van der Waals surface area contributed by atoms with Crippen molar-refractivity contribution >= 4 is 16.7 Å². The molecule has 0 saturated carbocycles. The molecule has 2 aromatic carbocycles. The van der Waals surface area contributed by atoms with Gasteiger partial charge in [0.15, 0.2) is 0 Å². The second kappa shape index (κ2) is 5.11. The number of aromatic nitrogens is 1. The summed E-state index contributed by atoms with van der Waals surface area (Å²) in [6.07, 6.45) is 1.24. The molecule has 0 aliphatic rings. The fraction of sp³-hybridized carbons (Fsp3) is 0.0588. The van der Waals surface area contributed by atoms with Gasteiger partial charge in [-0.05, 0) is 30.7 Å². The van der Waals surface area contributed by atoms with Gasteiger partial charge in [0, 0.05) is 17.0 Å². The smallest absolute Gasteiger partial charge is 0.337 e. The number of aromatic carboxylic acids is 1. The number of nitrogens with zero attached hydrogens (tertiary/aromatic N) is 1. The summed E-state index contributed by atoms with van der Waals surface area (Å²) in [5.74, 6) is -1.63. The number of hydrogen-bond donors (Lipinski definition) is 1. The lowest BCUT2D eigenvalue weighted by molar-refractivity contribution is 0.0698. The van der Waals surface area contributed by atoms with Crippen LogP contribution in [0.3, 0.4) is 0 Å². The van der Waals surface area contributed by atoms with Crippen LogP contribution in [0.1, 0.15) is 15.9 Å². The van der Waals surface area contributed by atoms with E-state index in [0.29, 0.717) is 16.6 Å². The number of hydrogen-bond acceptors (Lipinski definition) is 2. The van der Waals surface area contributed by atoms with Gasteiger partial charge in [-0.25, -0.2) is 9.18 Å². The lowest BCUT2D eigenvalue weighted by Gasteiger charge is -2.12. The number of fused-ring (bicyclic) bond motifs is 1. The average molecular weight is 297 g/mol. The molecule has 3 aromatic rings. The van der Waals surface area contributed by atoms with Gasteiger partial charge in [-0.1, -0.05) is 24.3 Å². The average Bonchev–Trinajstić information content (AvgIpc) is 2.50. The van der Waals surface area contributed by atoms with Crippen LogP contribution in [0, 0.1) is 12.7 Å². The standard InChI is InChI=1S/C17H12FNO3/c1-10-6-7-11(18)8-15(10)19-9-14(17(21)22)12-4-2-3-5-13(12)16(19)20/h2-9H,1H3,(H,21,22). The number of benzene rings is 2. The van der Waals surface area contributed by atoms with Crippen molar-refractivity contribution in [3.05, 3.63) is 76.0 Å². The third-order valence-corrected chi connectivity index (χ3v) is 3.59. The first-order valence-corrected chi connectivity index (χ1v) is 6.63. The Hall–Kier alpha value is -2.95. The summed E-state index contributed by atoms with van der Waals surface area (Å²) in [5, 5.41) is 10.0. The predicted molar refractivity (Wildman–Crippen MR) is 81.2 cm³/mol. The first-order chi connectivity index (χ1) is 10.5. The highest BCUT2D eigenvalue weighted by Gasteiger charge is 2.15. The highest BCUT2D eigenvalue weighted by atomic mass is 19.1. The molecule has 4 nitrogen and oxygen atoms in total. The minimum atomic E-state index is -1.14. The Kier molecular flexibility index (Phi) is 3.25. The highest BCUT2D eigenvalue weighted by molar-refractivity contribution is 6.03. The van der Waals surface area contributed by atoms with Crippen LogP contribution in [-0.4, -0.2) is 15.6 Å². The zero-order chi connectivity index (χ0) is 15.9. The molecular formula is C17H12FNO3. The van der Waals surface area contributed by atoms with E-state index in [0.717, 1.165) is 0 Å². The minimum absolute atomic E-state index is 0.00105. The summed E-state index contributed by atoms with van der Waals surface area (Å²) in [5.41, 5.74) is 0.626. The van der Waals surface area contributed by atoms with E-state index in [-0.39, 0.29) is 16.5 Å². The molecule has 1 heterocycles. The van der Waals surface area contributed by atoms with Gasteiger partial charge in [0.25, 0.3) is 5.56 Å². The Morgan fingerprint density at radius 1 is 1.14 bits per heavy atom. The van der Waals surface area contributed by atoms with Crippen LogP contribution in [0.2, 0.25) is 0 Å². The molecule has 0 aliphatic heterocycles. The van der Waals surface area contributed by atoms with Crippen molar-refractivity contribution in [2.45, 2.75) is 6.92 Å². The second-order valence-corrected chi connectivity index (χ2v) is 5.00. The largest absolute Gasteiger partial charge is 0.478 e. The molecule has 0 amide bonds. The summed E-state index contributed by atoms with van der Waals surface area (Å²) >= 11 is 0. The fourth-order valence-electron chi connectivity index (χ4n) is 2.48. The second-order valence-electron chi connectivity index (χ2n) is 5.00. The number of rotatable bonds is 2. The Labute approximate surface area is 125 Å². The van der Waals surface area contributed by atoms with Gasteiger partial charge in [0.05, 0.1) is 11.3 Å². The van der Waals surface area contributed by atoms with Crippen LogP contribution in [0.4, 0.5) is 4.39 Å². The Morgan fingerprint density at radius 3 is 2.50 bits per heavy atom. The molecule has 3 rings (SSSR count). The van der Waals surface area contributed by atoms with Gasteiger partial charge in [0.2, 0.25) is 0 Å².